The smallest absolute Gasteiger partial charge is 0.254 e. The molecule has 1 aromatic heterocycles. The van der Waals surface area contributed by atoms with Crippen LogP contribution in [0.5, 0.6) is 0 Å². The predicted octanol–water partition coefficient (Wildman–Crippen LogP) is 2.19. The van der Waals surface area contributed by atoms with Crippen molar-refractivity contribution in [2.24, 2.45) is 0 Å². The molecule has 7 heteroatoms. The number of amides is 1. The molecule has 1 fully saturated rings. The molecule has 3 rings (SSSR count). The monoisotopic (exact) mass is 356 g/mol. The normalized spacial score (nSPS) is 17.2. The van der Waals surface area contributed by atoms with Gasteiger partial charge in [-0.15, -0.1) is 0 Å². The maximum atomic E-state index is 13.1. The van der Waals surface area contributed by atoms with Gasteiger partial charge in [-0.2, -0.15) is 0 Å². The first-order valence-corrected chi connectivity index (χ1v) is 8.62. The zero-order valence-electron chi connectivity index (χ0n) is 15.4. The van der Waals surface area contributed by atoms with Crippen molar-refractivity contribution >= 4 is 11.7 Å². The molecule has 26 heavy (non-hydrogen) atoms. The van der Waals surface area contributed by atoms with Gasteiger partial charge in [-0.05, 0) is 24.6 Å². The van der Waals surface area contributed by atoms with Crippen LogP contribution in [0.2, 0.25) is 0 Å². The van der Waals surface area contributed by atoms with Gasteiger partial charge in [0, 0.05) is 38.0 Å². The van der Waals surface area contributed by atoms with Gasteiger partial charge in [0.2, 0.25) is 0 Å². The molecule has 1 N–H and O–H groups in total. The van der Waals surface area contributed by atoms with E-state index in [-0.39, 0.29) is 11.9 Å². The lowest BCUT2D eigenvalue weighted by Crippen LogP contribution is -2.44. The van der Waals surface area contributed by atoms with E-state index in [1.807, 2.05) is 44.3 Å². The standard InChI is InChI=1S/C19H24N4O3/c1-13-9-17(20-2)22-18(21-13)16-12-26-8-7-23(16)19(24)15-6-4-5-14(10-15)11-25-3/h4-6,9-10,16H,7-8,11-12H2,1-3H3,(H,20,21,22)/t16-/m0/s1. The number of aryl methyl sites for hydroxylation is 1. The van der Waals surface area contributed by atoms with Crippen LogP contribution in [-0.4, -0.2) is 54.7 Å². The van der Waals surface area contributed by atoms with Crippen molar-refractivity contribution in [2.75, 3.05) is 39.2 Å². The molecule has 1 aliphatic rings. The highest BCUT2D eigenvalue weighted by Crippen LogP contribution is 2.25. The molecule has 1 atom stereocenters. The van der Waals surface area contributed by atoms with Crippen LogP contribution in [0.15, 0.2) is 30.3 Å². The molecule has 0 unspecified atom stereocenters. The molecule has 7 nitrogen and oxygen atoms in total. The number of methoxy groups -OCH3 is 1. The Bertz CT molecular complexity index is 781. The van der Waals surface area contributed by atoms with E-state index in [0.29, 0.717) is 37.8 Å². The molecular formula is C19H24N4O3. The van der Waals surface area contributed by atoms with Gasteiger partial charge in [0.1, 0.15) is 11.9 Å². The molecular weight excluding hydrogens is 332 g/mol. The summed E-state index contributed by atoms with van der Waals surface area (Å²) < 4.78 is 10.8. The number of anilines is 1. The quantitative estimate of drug-likeness (QED) is 0.885. The third-order valence-electron chi connectivity index (χ3n) is 4.30. The summed E-state index contributed by atoms with van der Waals surface area (Å²) in [5.74, 6) is 1.27. The largest absolute Gasteiger partial charge is 0.380 e. The van der Waals surface area contributed by atoms with Crippen LogP contribution in [0.4, 0.5) is 5.82 Å². The summed E-state index contributed by atoms with van der Waals surface area (Å²) in [7, 11) is 3.45. The maximum Gasteiger partial charge on any atom is 0.254 e. The van der Waals surface area contributed by atoms with Crippen molar-refractivity contribution in [3.05, 3.63) is 53.0 Å². The number of aromatic nitrogens is 2. The number of rotatable bonds is 5. The molecule has 1 aromatic carbocycles. The molecule has 0 radical (unpaired) electrons. The van der Waals surface area contributed by atoms with Gasteiger partial charge in [-0.1, -0.05) is 12.1 Å². The molecule has 0 spiro atoms. The van der Waals surface area contributed by atoms with E-state index >= 15 is 0 Å². The Morgan fingerprint density at radius 2 is 2.23 bits per heavy atom. The van der Waals surface area contributed by atoms with E-state index in [2.05, 4.69) is 15.3 Å². The molecule has 138 valence electrons. The van der Waals surface area contributed by atoms with Crippen molar-refractivity contribution in [2.45, 2.75) is 19.6 Å². The van der Waals surface area contributed by atoms with Gasteiger partial charge in [0.05, 0.1) is 19.8 Å². The third kappa shape index (κ3) is 4.00. The Morgan fingerprint density at radius 3 is 3.00 bits per heavy atom. The Hall–Kier alpha value is -2.51. The van der Waals surface area contributed by atoms with Crippen LogP contribution in [0.3, 0.4) is 0 Å². The van der Waals surface area contributed by atoms with Crippen LogP contribution in [0.1, 0.15) is 33.5 Å². The molecule has 0 saturated carbocycles. The molecule has 1 aliphatic heterocycles. The van der Waals surface area contributed by atoms with Crippen molar-refractivity contribution in [1.82, 2.24) is 14.9 Å². The number of hydrogen-bond donors (Lipinski definition) is 1. The summed E-state index contributed by atoms with van der Waals surface area (Å²) in [4.78, 5) is 24.0. The van der Waals surface area contributed by atoms with Crippen LogP contribution in [0.25, 0.3) is 0 Å². The summed E-state index contributed by atoms with van der Waals surface area (Å²) >= 11 is 0. The average molecular weight is 356 g/mol. The minimum Gasteiger partial charge on any atom is -0.380 e. The van der Waals surface area contributed by atoms with E-state index in [1.165, 1.54) is 0 Å². The second kappa shape index (κ2) is 8.25. The van der Waals surface area contributed by atoms with Crippen LogP contribution in [0, 0.1) is 6.92 Å². The highest BCUT2D eigenvalue weighted by molar-refractivity contribution is 5.94. The lowest BCUT2D eigenvalue weighted by Gasteiger charge is -2.35. The van der Waals surface area contributed by atoms with Gasteiger partial charge in [0.15, 0.2) is 5.82 Å². The number of carbonyl (C=O) groups excluding carboxylic acids is 1. The predicted molar refractivity (Wildman–Crippen MR) is 98.1 cm³/mol. The number of hydrogen-bond acceptors (Lipinski definition) is 6. The van der Waals surface area contributed by atoms with E-state index < -0.39 is 0 Å². The molecule has 1 amide bonds. The number of benzene rings is 1. The highest BCUT2D eigenvalue weighted by Gasteiger charge is 2.31. The molecule has 1 saturated heterocycles. The summed E-state index contributed by atoms with van der Waals surface area (Å²) in [5, 5.41) is 3.04. The van der Waals surface area contributed by atoms with Crippen molar-refractivity contribution < 1.29 is 14.3 Å². The Balaban J connectivity index is 1.90. The Kier molecular flexibility index (Phi) is 5.80. The van der Waals surface area contributed by atoms with Gasteiger partial charge in [-0.25, -0.2) is 9.97 Å². The summed E-state index contributed by atoms with van der Waals surface area (Å²) in [6, 6.07) is 9.07. The molecule has 0 aliphatic carbocycles. The summed E-state index contributed by atoms with van der Waals surface area (Å²) in [6.07, 6.45) is 0. The number of morpholine rings is 1. The first-order valence-electron chi connectivity index (χ1n) is 8.62. The van der Waals surface area contributed by atoms with E-state index in [4.69, 9.17) is 9.47 Å². The van der Waals surface area contributed by atoms with Crippen LogP contribution < -0.4 is 5.32 Å². The number of nitrogens with one attached hydrogen (secondary N) is 1. The second-order valence-corrected chi connectivity index (χ2v) is 6.23. The molecule has 2 aromatic rings. The average Bonchev–Trinajstić information content (AvgIpc) is 2.67. The zero-order chi connectivity index (χ0) is 18.5. The van der Waals surface area contributed by atoms with Crippen molar-refractivity contribution in [3.8, 4) is 0 Å². The minimum atomic E-state index is -0.311. The van der Waals surface area contributed by atoms with Crippen molar-refractivity contribution in [3.63, 3.8) is 0 Å². The third-order valence-corrected chi connectivity index (χ3v) is 4.30. The SMILES string of the molecule is CNc1cc(C)nc([C@@H]2COCCN2C(=O)c2cccc(COC)c2)n1. The number of carbonyl (C=O) groups is 1. The Morgan fingerprint density at radius 1 is 1.38 bits per heavy atom. The maximum absolute atomic E-state index is 13.1. The fraction of sp³-hybridized carbons (Fsp3) is 0.421. The van der Waals surface area contributed by atoms with E-state index in [9.17, 15) is 4.79 Å². The first kappa shape index (κ1) is 18.3. The number of nitrogens with zero attached hydrogens (tertiary/aromatic N) is 3. The van der Waals surface area contributed by atoms with Crippen LogP contribution >= 0.6 is 0 Å². The van der Waals surface area contributed by atoms with Gasteiger partial charge in [-0.3, -0.25) is 4.79 Å². The highest BCUT2D eigenvalue weighted by atomic mass is 16.5. The second-order valence-electron chi connectivity index (χ2n) is 6.23. The molecule has 2 heterocycles. The van der Waals surface area contributed by atoms with Gasteiger partial charge in [0.25, 0.3) is 5.91 Å². The van der Waals surface area contributed by atoms with Crippen LogP contribution in [-0.2, 0) is 16.1 Å². The summed E-state index contributed by atoms with van der Waals surface area (Å²) in [6.45, 7) is 3.78. The lowest BCUT2D eigenvalue weighted by molar-refractivity contribution is -0.00524. The van der Waals surface area contributed by atoms with E-state index in [1.54, 1.807) is 12.0 Å². The minimum absolute atomic E-state index is 0.0487. The van der Waals surface area contributed by atoms with E-state index in [0.717, 1.165) is 17.1 Å². The fourth-order valence-corrected chi connectivity index (χ4v) is 3.06. The van der Waals surface area contributed by atoms with Crippen molar-refractivity contribution in [1.29, 1.82) is 0 Å². The number of ether oxygens (including phenoxy) is 2. The zero-order valence-corrected chi connectivity index (χ0v) is 15.4. The summed E-state index contributed by atoms with van der Waals surface area (Å²) in [5.41, 5.74) is 2.44. The lowest BCUT2D eigenvalue weighted by atomic mass is 10.1. The fourth-order valence-electron chi connectivity index (χ4n) is 3.06. The van der Waals surface area contributed by atoms with Gasteiger partial charge >= 0.3 is 0 Å². The van der Waals surface area contributed by atoms with Gasteiger partial charge < -0.3 is 19.7 Å². The topological polar surface area (TPSA) is 76.6 Å². The first-order chi connectivity index (χ1) is 12.6. The Labute approximate surface area is 153 Å². The molecule has 0 bridgehead atoms.